The Labute approximate surface area is 137 Å². The lowest BCUT2D eigenvalue weighted by molar-refractivity contribution is 0.414. The van der Waals surface area contributed by atoms with E-state index in [4.69, 9.17) is 10.5 Å². The Hall–Kier alpha value is -1.48. The van der Waals surface area contributed by atoms with E-state index >= 15 is 0 Å². The summed E-state index contributed by atoms with van der Waals surface area (Å²) in [6.07, 6.45) is 1.79. The molecule has 108 valence electrons. The molecule has 3 nitrogen and oxygen atoms in total. The van der Waals surface area contributed by atoms with Crippen LogP contribution in [0.2, 0.25) is 0 Å². The zero-order valence-corrected chi connectivity index (χ0v) is 14.0. The second kappa shape index (κ2) is 8.08. The molecule has 21 heavy (non-hydrogen) atoms. The van der Waals surface area contributed by atoms with Crippen molar-refractivity contribution in [1.82, 2.24) is 4.98 Å². The maximum atomic E-state index is 5.44. The minimum atomic E-state index is 0.354. The molecule has 1 aromatic carbocycles. The van der Waals surface area contributed by atoms with Crippen molar-refractivity contribution >= 4 is 27.7 Å². The van der Waals surface area contributed by atoms with Crippen LogP contribution in [0.5, 0.6) is 5.75 Å². The number of aromatic nitrogens is 1. The number of hydrogen-bond donors (Lipinski definition) is 1. The number of pyridine rings is 1. The van der Waals surface area contributed by atoms with E-state index in [9.17, 15) is 0 Å². The third-order valence-electron chi connectivity index (χ3n) is 2.71. The lowest BCUT2D eigenvalue weighted by Crippen LogP contribution is -1.95. The highest BCUT2D eigenvalue weighted by atomic mass is 79.9. The second-order valence-electron chi connectivity index (χ2n) is 4.13. The molecule has 2 rings (SSSR count). The van der Waals surface area contributed by atoms with E-state index < -0.39 is 0 Å². The molecule has 0 saturated carbocycles. The van der Waals surface area contributed by atoms with Gasteiger partial charge < -0.3 is 10.5 Å². The van der Waals surface area contributed by atoms with Crippen LogP contribution < -0.4 is 10.5 Å². The lowest BCUT2D eigenvalue weighted by Gasteiger charge is -2.07. The van der Waals surface area contributed by atoms with Crippen LogP contribution in [0.3, 0.4) is 0 Å². The van der Waals surface area contributed by atoms with Crippen molar-refractivity contribution in [1.29, 1.82) is 0 Å². The number of thioether (sulfide) groups is 1. The highest BCUT2D eigenvalue weighted by Gasteiger charge is 2.05. The molecule has 1 aromatic heterocycles. The molecule has 0 aliphatic heterocycles. The summed E-state index contributed by atoms with van der Waals surface area (Å²) in [5.41, 5.74) is 7.54. The van der Waals surface area contributed by atoms with Gasteiger partial charge in [-0.15, -0.1) is 11.8 Å². The summed E-state index contributed by atoms with van der Waals surface area (Å²) in [7, 11) is 1.66. The normalized spacial score (nSPS) is 9.86. The highest BCUT2D eigenvalue weighted by Crippen LogP contribution is 2.26. The highest BCUT2D eigenvalue weighted by molar-refractivity contribution is 9.10. The first-order valence-electron chi connectivity index (χ1n) is 6.33. The predicted octanol–water partition coefficient (Wildman–Crippen LogP) is 3.46. The van der Waals surface area contributed by atoms with Crippen molar-refractivity contribution in [3.63, 3.8) is 0 Å². The summed E-state index contributed by atoms with van der Waals surface area (Å²) in [5, 5.41) is 0.971. The van der Waals surface area contributed by atoms with Gasteiger partial charge in [-0.2, -0.15) is 0 Å². The molecule has 0 fully saturated rings. The molecule has 0 atom stereocenters. The molecule has 1 heterocycles. The summed E-state index contributed by atoms with van der Waals surface area (Å²) in [6.45, 7) is 0.354. The number of nitrogens with zero attached hydrogens (tertiary/aromatic N) is 1. The SMILES string of the molecule is COc1ccc(C#CCN)c(CSc2ccc(Br)cn2)c1. The molecule has 5 heteroatoms. The molecule has 2 N–H and O–H groups in total. The van der Waals surface area contributed by atoms with E-state index in [2.05, 4.69) is 32.8 Å². The molecule has 2 aromatic rings. The zero-order valence-electron chi connectivity index (χ0n) is 11.6. The Morgan fingerprint density at radius 2 is 2.19 bits per heavy atom. The van der Waals surface area contributed by atoms with Gasteiger partial charge in [0.15, 0.2) is 0 Å². The standard InChI is InChI=1S/C16H15BrN2OS/c1-20-15-6-4-12(3-2-8-18)13(9-15)11-21-16-7-5-14(17)10-19-16/h4-7,9-10H,8,11,18H2,1H3. The lowest BCUT2D eigenvalue weighted by atomic mass is 10.1. The van der Waals surface area contributed by atoms with Crippen molar-refractivity contribution in [2.24, 2.45) is 5.73 Å². The minimum Gasteiger partial charge on any atom is -0.497 e. The second-order valence-corrected chi connectivity index (χ2v) is 6.04. The van der Waals surface area contributed by atoms with Gasteiger partial charge in [0, 0.05) is 22.0 Å². The minimum absolute atomic E-state index is 0.354. The summed E-state index contributed by atoms with van der Waals surface area (Å²) >= 11 is 5.04. The summed E-state index contributed by atoms with van der Waals surface area (Å²) < 4.78 is 6.25. The third-order valence-corrected chi connectivity index (χ3v) is 4.18. The number of benzene rings is 1. The van der Waals surface area contributed by atoms with Crippen LogP contribution >= 0.6 is 27.7 Å². The molecule has 0 bridgehead atoms. The Bertz CT molecular complexity index is 662. The molecular weight excluding hydrogens is 348 g/mol. The zero-order chi connectivity index (χ0) is 15.1. The fourth-order valence-corrected chi connectivity index (χ4v) is 2.75. The smallest absolute Gasteiger partial charge is 0.119 e. The van der Waals surface area contributed by atoms with E-state index in [0.29, 0.717) is 6.54 Å². The summed E-state index contributed by atoms with van der Waals surface area (Å²) in [5.74, 6) is 7.60. The molecule has 0 saturated heterocycles. The Morgan fingerprint density at radius 3 is 2.86 bits per heavy atom. The van der Waals surface area contributed by atoms with Gasteiger partial charge in [-0.05, 0) is 51.8 Å². The van der Waals surface area contributed by atoms with Gasteiger partial charge >= 0.3 is 0 Å². The Kier molecular flexibility index (Phi) is 6.12. The van der Waals surface area contributed by atoms with Crippen LogP contribution in [0.1, 0.15) is 11.1 Å². The van der Waals surface area contributed by atoms with E-state index in [1.165, 1.54) is 0 Å². The van der Waals surface area contributed by atoms with Crippen LogP contribution in [0, 0.1) is 11.8 Å². The monoisotopic (exact) mass is 362 g/mol. The maximum Gasteiger partial charge on any atom is 0.119 e. The van der Waals surface area contributed by atoms with Gasteiger partial charge in [0.25, 0.3) is 0 Å². The average molecular weight is 363 g/mol. The number of methoxy groups -OCH3 is 1. The van der Waals surface area contributed by atoms with Gasteiger partial charge in [0.05, 0.1) is 18.7 Å². The molecule has 0 spiro atoms. The first-order valence-corrected chi connectivity index (χ1v) is 8.11. The van der Waals surface area contributed by atoms with Crippen LogP contribution in [-0.4, -0.2) is 18.6 Å². The van der Waals surface area contributed by atoms with Gasteiger partial charge in [0.1, 0.15) is 5.75 Å². The van der Waals surface area contributed by atoms with Gasteiger partial charge in [-0.1, -0.05) is 11.8 Å². The first kappa shape index (κ1) is 15.9. The number of halogens is 1. The van der Waals surface area contributed by atoms with Crippen molar-refractivity contribution in [2.75, 3.05) is 13.7 Å². The maximum absolute atomic E-state index is 5.44. The van der Waals surface area contributed by atoms with E-state index in [1.54, 1.807) is 25.1 Å². The number of rotatable bonds is 4. The van der Waals surface area contributed by atoms with Gasteiger partial charge in [-0.25, -0.2) is 4.98 Å². The van der Waals surface area contributed by atoms with Crippen LogP contribution in [0.15, 0.2) is 46.0 Å². The molecule has 0 aliphatic rings. The van der Waals surface area contributed by atoms with Crippen molar-refractivity contribution in [3.8, 4) is 17.6 Å². The quantitative estimate of drug-likeness (QED) is 0.668. The topological polar surface area (TPSA) is 48.1 Å². The van der Waals surface area contributed by atoms with Crippen molar-refractivity contribution < 1.29 is 4.74 Å². The molecule has 0 amide bonds. The third kappa shape index (κ3) is 4.78. The molecule has 0 aliphatic carbocycles. The van der Waals surface area contributed by atoms with Gasteiger partial charge in [0.2, 0.25) is 0 Å². The molecule has 0 radical (unpaired) electrons. The fraction of sp³-hybridized carbons (Fsp3) is 0.188. The number of nitrogens with two attached hydrogens (primary N) is 1. The summed E-state index contributed by atoms with van der Waals surface area (Å²) in [6, 6.07) is 9.85. The molecule has 0 unspecified atom stereocenters. The summed E-state index contributed by atoms with van der Waals surface area (Å²) in [4.78, 5) is 4.36. The van der Waals surface area contributed by atoms with E-state index in [-0.39, 0.29) is 0 Å². The number of hydrogen-bond acceptors (Lipinski definition) is 4. The van der Waals surface area contributed by atoms with E-state index in [1.807, 2.05) is 30.3 Å². The average Bonchev–Trinajstić information content (AvgIpc) is 2.52. The molecular formula is C16H15BrN2OS. The Morgan fingerprint density at radius 1 is 1.33 bits per heavy atom. The van der Waals surface area contributed by atoms with E-state index in [0.717, 1.165) is 32.1 Å². The van der Waals surface area contributed by atoms with Crippen LogP contribution in [0.25, 0.3) is 0 Å². The first-order chi connectivity index (χ1) is 10.2. The van der Waals surface area contributed by atoms with Crippen LogP contribution in [-0.2, 0) is 5.75 Å². The number of ether oxygens (including phenoxy) is 1. The van der Waals surface area contributed by atoms with Crippen LogP contribution in [0.4, 0.5) is 0 Å². The van der Waals surface area contributed by atoms with Crippen molar-refractivity contribution in [2.45, 2.75) is 10.8 Å². The Balaban J connectivity index is 2.18. The largest absolute Gasteiger partial charge is 0.497 e. The predicted molar refractivity (Wildman–Crippen MR) is 90.4 cm³/mol. The fourth-order valence-electron chi connectivity index (χ4n) is 1.68. The van der Waals surface area contributed by atoms with Crippen molar-refractivity contribution in [3.05, 3.63) is 52.1 Å². The van der Waals surface area contributed by atoms with Gasteiger partial charge in [-0.3, -0.25) is 0 Å².